The molecule has 2 nitrogen and oxygen atoms in total. The minimum atomic E-state index is 0.0270. The van der Waals surface area contributed by atoms with E-state index in [2.05, 4.69) is 0 Å². The number of hydrogen-bond acceptors (Lipinski definition) is 7. The summed E-state index contributed by atoms with van der Waals surface area (Å²) in [6.07, 6.45) is 0. The molecule has 0 aliphatic carbocycles. The highest BCUT2D eigenvalue weighted by molar-refractivity contribution is 8.05. The van der Waals surface area contributed by atoms with E-state index >= 15 is 0 Å². The van der Waals surface area contributed by atoms with E-state index in [1.165, 1.54) is 46.2 Å². The van der Waals surface area contributed by atoms with Crippen LogP contribution >= 0.6 is 81.6 Å². The van der Waals surface area contributed by atoms with Gasteiger partial charge in [0.05, 0.1) is 19.9 Å². The first-order chi connectivity index (χ1) is 13.4. The third-order valence-corrected chi connectivity index (χ3v) is 9.61. The van der Waals surface area contributed by atoms with E-state index in [4.69, 9.17) is 35.4 Å². The number of rotatable bonds is 8. The fourth-order valence-corrected chi connectivity index (χ4v) is 8.28. The van der Waals surface area contributed by atoms with Gasteiger partial charge in [0.15, 0.2) is 11.6 Å². The number of ketones is 2. The van der Waals surface area contributed by atoms with Crippen molar-refractivity contribution in [3.05, 3.63) is 72.8 Å². The number of carbonyl (C=O) groups is 2. The minimum absolute atomic E-state index is 0.0270. The number of Topliss-reactive ketones (excluding diaryl/α,β-unsaturated/α-hetero) is 2. The first-order valence-electron chi connectivity index (χ1n) is 7.89. The summed E-state index contributed by atoms with van der Waals surface area (Å²) >= 11 is 22.9. The Balaban J connectivity index is 1.61. The zero-order valence-electron chi connectivity index (χ0n) is 14.1. The Morgan fingerprint density at radius 3 is 1.46 bits per heavy atom. The van der Waals surface area contributed by atoms with Crippen LogP contribution in [0.5, 0.6) is 0 Å². The van der Waals surface area contributed by atoms with E-state index < -0.39 is 0 Å². The van der Waals surface area contributed by atoms with Crippen LogP contribution < -0.4 is 0 Å². The molecule has 0 amide bonds. The van der Waals surface area contributed by atoms with Crippen molar-refractivity contribution in [1.82, 2.24) is 0 Å². The van der Waals surface area contributed by atoms with Gasteiger partial charge in [0.25, 0.3) is 0 Å². The lowest BCUT2D eigenvalue weighted by Crippen LogP contribution is -2.02. The molecule has 0 saturated heterocycles. The molecule has 1 aromatic heterocycles. The summed E-state index contributed by atoms with van der Waals surface area (Å²) in [4.78, 5) is 24.7. The van der Waals surface area contributed by atoms with Gasteiger partial charge in [-0.15, -0.1) is 46.2 Å². The van der Waals surface area contributed by atoms with E-state index in [0.29, 0.717) is 32.7 Å². The van der Waals surface area contributed by atoms with Crippen molar-refractivity contribution in [1.29, 1.82) is 0 Å². The van der Waals surface area contributed by atoms with E-state index in [9.17, 15) is 9.59 Å². The highest BCUT2D eigenvalue weighted by Crippen LogP contribution is 2.41. The second kappa shape index (κ2) is 10.4. The Morgan fingerprint density at radius 2 is 1.11 bits per heavy atom. The fraction of sp³-hybridized carbons (Fsp3) is 0.105. The monoisotopic (exact) mass is 502 g/mol. The van der Waals surface area contributed by atoms with Gasteiger partial charge >= 0.3 is 0 Å². The van der Waals surface area contributed by atoms with Gasteiger partial charge in [-0.3, -0.25) is 9.59 Å². The third-order valence-electron chi connectivity index (χ3n) is 3.52. The average molecular weight is 504 g/mol. The largest absolute Gasteiger partial charge is 0.293 e. The number of benzene rings is 2. The summed E-state index contributed by atoms with van der Waals surface area (Å²) in [5, 5.41) is 1.20. The SMILES string of the molecule is O=C(CSc1sc(=S)sc1SCC(=O)c1ccc(Cl)cc1)c1ccc(Cl)cc1. The summed E-state index contributed by atoms with van der Waals surface area (Å²) in [6, 6.07) is 13.7. The zero-order valence-corrected chi connectivity index (χ0v) is 19.7. The van der Waals surface area contributed by atoms with E-state index in [1.807, 2.05) is 0 Å². The smallest absolute Gasteiger partial charge is 0.173 e. The van der Waals surface area contributed by atoms with Crippen LogP contribution in [0.4, 0.5) is 0 Å². The van der Waals surface area contributed by atoms with E-state index in [0.717, 1.165) is 11.6 Å². The average Bonchev–Trinajstić information content (AvgIpc) is 3.05. The summed E-state index contributed by atoms with van der Waals surface area (Å²) in [7, 11) is 0. The van der Waals surface area contributed by atoms with Crippen molar-refractivity contribution in [2.75, 3.05) is 11.5 Å². The predicted octanol–water partition coefficient (Wildman–Crippen LogP) is 7.80. The molecule has 0 spiro atoms. The molecule has 0 atom stereocenters. The molecule has 9 heteroatoms. The van der Waals surface area contributed by atoms with Crippen molar-refractivity contribution in [3.8, 4) is 0 Å². The predicted molar refractivity (Wildman–Crippen MR) is 126 cm³/mol. The van der Waals surface area contributed by atoms with Crippen molar-refractivity contribution < 1.29 is 9.59 Å². The molecular formula is C19H12Cl2O2S5. The first kappa shape index (κ1) is 22.0. The summed E-state index contributed by atoms with van der Waals surface area (Å²) in [5.74, 6) is 0.670. The maximum atomic E-state index is 12.4. The van der Waals surface area contributed by atoms with Crippen LogP contribution in [0.2, 0.25) is 10.0 Å². The number of thioether (sulfide) groups is 2. The number of hydrogen-bond donors (Lipinski definition) is 0. The molecule has 0 radical (unpaired) electrons. The molecule has 144 valence electrons. The first-order valence-corrected chi connectivity index (χ1v) is 12.7. The van der Waals surface area contributed by atoms with Crippen LogP contribution in [0.1, 0.15) is 20.7 Å². The van der Waals surface area contributed by atoms with Gasteiger partial charge in [-0.05, 0) is 48.5 Å². The Bertz CT molecular complexity index is 957. The molecule has 3 aromatic rings. The fourth-order valence-electron chi connectivity index (χ4n) is 2.13. The molecule has 0 bridgehead atoms. The molecule has 0 aliphatic rings. The van der Waals surface area contributed by atoms with Crippen molar-refractivity contribution in [2.24, 2.45) is 0 Å². The zero-order chi connectivity index (χ0) is 20.1. The van der Waals surface area contributed by atoms with E-state index in [-0.39, 0.29) is 11.6 Å². The molecule has 0 fully saturated rings. The highest BCUT2D eigenvalue weighted by Gasteiger charge is 2.15. The lowest BCUT2D eigenvalue weighted by Gasteiger charge is -2.04. The Labute approximate surface area is 194 Å². The van der Waals surface area contributed by atoms with Gasteiger partial charge in [-0.1, -0.05) is 35.4 Å². The van der Waals surface area contributed by atoms with Gasteiger partial charge in [0.2, 0.25) is 0 Å². The van der Waals surface area contributed by atoms with Crippen LogP contribution in [0.3, 0.4) is 0 Å². The second-order valence-corrected chi connectivity index (χ2v) is 12.1. The highest BCUT2D eigenvalue weighted by atomic mass is 35.5. The van der Waals surface area contributed by atoms with Crippen molar-refractivity contribution in [2.45, 2.75) is 8.42 Å². The molecule has 28 heavy (non-hydrogen) atoms. The molecule has 3 rings (SSSR count). The molecule has 0 unspecified atom stereocenters. The standard InChI is InChI=1S/C19H12Cl2O2S5/c20-13-5-1-11(2-6-13)15(22)9-25-17-18(28-19(24)27-17)26-10-16(23)12-3-7-14(21)8-4-12/h1-8H,9-10H2. The van der Waals surface area contributed by atoms with Crippen molar-refractivity contribution in [3.63, 3.8) is 0 Å². The summed E-state index contributed by atoms with van der Waals surface area (Å²) in [6.45, 7) is 0. The minimum Gasteiger partial charge on any atom is -0.293 e. The maximum absolute atomic E-state index is 12.4. The second-order valence-electron chi connectivity index (χ2n) is 5.47. The van der Waals surface area contributed by atoms with E-state index in [1.54, 1.807) is 48.5 Å². The summed E-state index contributed by atoms with van der Waals surface area (Å²) in [5.41, 5.74) is 1.26. The molecule has 0 aliphatic heterocycles. The van der Waals surface area contributed by atoms with Crippen LogP contribution in [0, 0.1) is 3.14 Å². The van der Waals surface area contributed by atoms with Crippen LogP contribution in [0.25, 0.3) is 0 Å². The van der Waals surface area contributed by atoms with Crippen molar-refractivity contribution >= 4 is 93.2 Å². The third kappa shape index (κ3) is 6.16. The molecule has 2 aromatic carbocycles. The number of halogens is 2. The molecule has 0 saturated carbocycles. The Kier molecular flexibility index (Phi) is 8.17. The lowest BCUT2D eigenvalue weighted by molar-refractivity contribution is 0.101. The maximum Gasteiger partial charge on any atom is 0.173 e. The van der Waals surface area contributed by atoms with Crippen LogP contribution in [0.15, 0.2) is 56.9 Å². The number of carbonyl (C=O) groups excluding carboxylic acids is 2. The molecular weight excluding hydrogens is 491 g/mol. The summed E-state index contributed by atoms with van der Waals surface area (Å²) < 4.78 is 2.74. The molecule has 0 N–H and O–H groups in total. The van der Waals surface area contributed by atoms with Crippen LogP contribution in [-0.2, 0) is 0 Å². The topological polar surface area (TPSA) is 34.1 Å². The van der Waals surface area contributed by atoms with Gasteiger partial charge in [-0.2, -0.15) is 0 Å². The van der Waals surface area contributed by atoms with Gasteiger partial charge in [0.1, 0.15) is 3.14 Å². The Morgan fingerprint density at radius 1 is 0.750 bits per heavy atom. The normalized spacial score (nSPS) is 10.8. The van der Waals surface area contributed by atoms with Crippen LogP contribution in [-0.4, -0.2) is 23.1 Å². The van der Waals surface area contributed by atoms with Gasteiger partial charge in [0, 0.05) is 21.2 Å². The quantitative estimate of drug-likeness (QED) is 0.178. The van der Waals surface area contributed by atoms with Gasteiger partial charge in [-0.25, -0.2) is 0 Å². The lowest BCUT2D eigenvalue weighted by atomic mass is 10.1. The molecule has 1 heterocycles. The van der Waals surface area contributed by atoms with Gasteiger partial charge < -0.3 is 0 Å². The Hall–Kier alpha value is -0.670.